The predicted molar refractivity (Wildman–Crippen MR) is 82.2 cm³/mol. The Labute approximate surface area is 125 Å². The molecule has 1 N–H and O–H groups in total. The number of aryl methyl sites for hydroxylation is 1. The second-order valence-electron chi connectivity index (χ2n) is 5.17. The van der Waals surface area contributed by atoms with Crippen LogP contribution in [0.15, 0.2) is 48.5 Å². The van der Waals surface area contributed by atoms with E-state index in [1.165, 1.54) is 23.8 Å². The highest BCUT2D eigenvalue weighted by molar-refractivity contribution is 5.24. The van der Waals surface area contributed by atoms with Crippen molar-refractivity contribution in [2.24, 2.45) is 0 Å². The van der Waals surface area contributed by atoms with E-state index in [1.807, 2.05) is 37.3 Å². The fraction of sp³-hybridized carbons (Fsp3) is 0.333. The summed E-state index contributed by atoms with van der Waals surface area (Å²) < 4.78 is 27.9. The van der Waals surface area contributed by atoms with Crippen molar-refractivity contribution in [1.29, 1.82) is 0 Å². The Hall–Kier alpha value is -1.74. The third kappa shape index (κ3) is 4.36. The molecule has 0 amide bonds. The topological polar surface area (TPSA) is 12.0 Å². The van der Waals surface area contributed by atoms with Crippen LogP contribution in [0.1, 0.15) is 36.9 Å². The number of hydrogen-bond acceptors (Lipinski definition) is 1. The van der Waals surface area contributed by atoms with Crippen LogP contribution in [0, 0.1) is 11.6 Å². The Bertz CT molecular complexity index is 534. The first-order valence-electron chi connectivity index (χ1n) is 7.43. The maximum absolute atomic E-state index is 14.0. The van der Waals surface area contributed by atoms with E-state index in [0.29, 0.717) is 6.42 Å². The molecule has 3 heteroatoms. The van der Waals surface area contributed by atoms with E-state index < -0.39 is 11.6 Å². The maximum atomic E-state index is 14.0. The lowest BCUT2D eigenvalue weighted by Gasteiger charge is -2.20. The van der Waals surface area contributed by atoms with E-state index >= 15 is 0 Å². The van der Waals surface area contributed by atoms with Gasteiger partial charge >= 0.3 is 0 Å². The van der Waals surface area contributed by atoms with Crippen molar-refractivity contribution in [3.63, 3.8) is 0 Å². The van der Waals surface area contributed by atoms with Crippen molar-refractivity contribution in [3.05, 3.63) is 71.3 Å². The SMILES string of the molecule is CCCNC(CCc1ccccc1)c1c(F)cccc1F. The highest BCUT2D eigenvalue weighted by Gasteiger charge is 2.19. The van der Waals surface area contributed by atoms with Gasteiger partial charge in [0.1, 0.15) is 11.6 Å². The van der Waals surface area contributed by atoms with Gasteiger partial charge in [-0.15, -0.1) is 0 Å². The van der Waals surface area contributed by atoms with Crippen LogP contribution in [0.5, 0.6) is 0 Å². The zero-order valence-electron chi connectivity index (χ0n) is 12.3. The Morgan fingerprint density at radius 2 is 1.62 bits per heavy atom. The van der Waals surface area contributed by atoms with Crippen molar-refractivity contribution in [1.82, 2.24) is 5.32 Å². The molecule has 2 aromatic carbocycles. The Balaban J connectivity index is 2.14. The van der Waals surface area contributed by atoms with E-state index in [1.54, 1.807) is 0 Å². The predicted octanol–water partition coefficient (Wildman–Crippen LogP) is 4.64. The number of nitrogens with one attached hydrogen (secondary N) is 1. The van der Waals surface area contributed by atoms with Gasteiger partial charge < -0.3 is 5.32 Å². The van der Waals surface area contributed by atoms with Gasteiger partial charge in [-0.2, -0.15) is 0 Å². The molecule has 0 bridgehead atoms. The van der Waals surface area contributed by atoms with Crippen LogP contribution < -0.4 is 5.32 Å². The van der Waals surface area contributed by atoms with Crippen molar-refractivity contribution < 1.29 is 8.78 Å². The van der Waals surface area contributed by atoms with Gasteiger partial charge in [-0.05, 0) is 43.5 Å². The molecule has 0 saturated heterocycles. The molecule has 21 heavy (non-hydrogen) atoms. The van der Waals surface area contributed by atoms with Crippen LogP contribution in [0.25, 0.3) is 0 Å². The number of halogens is 2. The molecule has 0 aliphatic rings. The van der Waals surface area contributed by atoms with E-state index in [-0.39, 0.29) is 11.6 Å². The maximum Gasteiger partial charge on any atom is 0.130 e. The second kappa shape index (κ2) is 7.89. The average Bonchev–Trinajstić information content (AvgIpc) is 2.50. The summed E-state index contributed by atoms with van der Waals surface area (Å²) in [6, 6.07) is 13.7. The molecular weight excluding hydrogens is 268 g/mol. The van der Waals surface area contributed by atoms with E-state index in [0.717, 1.165) is 19.4 Å². The first-order valence-corrected chi connectivity index (χ1v) is 7.43. The smallest absolute Gasteiger partial charge is 0.130 e. The molecule has 112 valence electrons. The van der Waals surface area contributed by atoms with Gasteiger partial charge in [0, 0.05) is 11.6 Å². The molecule has 0 fully saturated rings. The molecule has 1 atom stereocenters. The summed E-state index contributed by atoms with van der Waals surface area (Å²) in [5.41, 5.74) is 1.33. The minimum Gasteiger partial charge on any atom is -0.310 e. The third-order valence-electron chi connectivity index (χ3n) is 3.55. The van der Waals surface area contributed by atoms with E-state index in [2.05, 4.69) is 5.32 Å². The molecule has 2 rings (SSSR count). The van der Waals surface area contributed by atoms with Gasteiger partial charge in [0.05, 0.1) is 0 Å². The van der Waals surface area contributed by atoms with Crippen molar-refractivity contribution >= 4 is 0 Å². The largest absolute Gasteiger partial charge is 0.310 e. The van der Waals surface area contributed by atoms with Gasteiger partial charge in [-0.25, -0.2) is 8.78 Å². The molecule has 0 spiro atoms. The Morgan fingerprint density at radius 3 is 2.24 bits per heavy atom. The standard InChI is InChI=1S/C18H21F2N/c1-2-13-21-17(12-11-14-7-4-3-5-8-14)18-15(19)9-6-10-16(18)20/h3-10,17,21H,2,11-13H2,1H3. The summed E-state index contributed by atoms with van der Waals surface area (Å²) in [7, 11) is 0. The second-order valence-corrected chi connectivity index (χ2v) is 5.17. The van der Waals surface area contributed by atoms with Crippen LogP contribution in [-0.2, 0) is 6.42 Å². The summed E-state index contributed by atoms with van der Waals surface area (Å²) in [5.74, 6) is -0.951. The quantitative estimate of drug-likeness (QED) is 0.783. The Morgan fingerprint density at radius 1 is 0.952 bits per heavy atom. The third-order valence-corrected chi connectivity index (χ3v) is 3.55. The molecule has 0 radical (unpaired) electrons. The molecule has 2 aromatic rings. The number of rotatable bonds is 7. The zero-order chi connectivity index (χ0) is 15.1. The summed E-state index contributed by atoms with van der Waals surface area (Å²) >= 11 is 0. The molecule has 0 aliphatic heterocycles. The normalized spacial score (nSPS) is 12.3. The van der Waals surface area contributed by atoms with Gasteiger partial charge in [0.15, 0.2) is 0 Å². The summed E-state index contributed by atoms with van der Waals surface area (Å²) in [6.45, 7) is 2.78. The average molecular weight is 289 g/mol. The first-order chi connectivity index (χ1) is 10.2. The van der Waals surface area contributed by atoms with Crippen LogP contribution in [0.4, 0.5) is 8.78 Å². The van der Waals surface area contributed by atoms with Gasteiger partial charge in [-0.3, -0.25) is 0 Å². The fourth-order valence-corrected chi connectivity index (χ4v) is 2.47. The fourth-order valence-electron chi connectivity index (χ4n) is 2.47. The highest BCUT2D eigenvalue weighted by atomic mass is 19.1. The van der Waals surface area contributed by atoms with Crippen LogP contribution in [-0.4, -0.2) is 6.54 Å². The molecule has 0 saturated carbocycles. The molecular formula is C18H21F2N. The summed E-state index contributed by atoms with van der Waals surface area (Å²) in [5, 5.41) is 3.26. The van der Waals surface area contributed by atoms with Gasteiger partial charge in [-0.1, -0.05) is 43.3 Å². The van der Waals surface area contributed by atoms with Crippen molar-refractivity contribution in [2.75, 3.05) is 6.54 Å². The molecule has 1 nitrogen and oxygen atoms in total. The first kappa shape index (κ1) is 15.6. The lowest BCUT2D eigenvalue weighted by molar-refractivity contribution is 0.446. The zero-order valence-corrected chi connectivity index (χ0v) is 12.3. The number of benzene rings is 2. The summed E-state index contributed by atoms with van der Waals surface area (Å²) in [6.07, 6.45) is 2.38. The molecule has 1 unspecified atom stereocenters. The van der Waals surface area contributed by atoms with E-state index in [4.69, 9.17) is 0 Å². The van der Waals surface area contributed by atoms with Crippen LogP contribution >= 0.6 is 0 Å². The highest BCUT2D eigenvalue weighted by Crippen LogP contribution is 2.25. The number of hydrogen-bond donors (Lipinski definition) is 1. The minimum atomic E-state index is -0.475. The Kier molecular flexibility index (Phi) is 5.88. The van der Waals surface area contributed by atoms with Crippen molar-refractivity contribution in [2.45, 2.75) is 32.2 Å². The van der Waals surface area contributed by atoms with Crippen molar-refractivity contribution in [3.8, 4) is 0 Å². The lowest BCUT2D eigenvalue weighted by atomic mass is 9.98. The van der Waals surface area contributed by atoms with Gasteiger partial charge in [0.2, 0.25) is 0 Å². The minimum absolute atomic E-state index is 0.155. The lowest BCUT2D eigenvalue weighted by Crippen LogP contribution is -2.24. The molecule has 0 heterocycles. The van der Waals surface area contributed by atoms with Crippen LogP contribution in [0.2, 0.25) is 0 Å². The summed E-state index contributed by atoms with van der Waals surface area (Å²) in [4.78, 5) is 0. The monoisotopic (exact) mass is 289 g/mol. The van der Waals surface area contributed by atoms with Gasteiger partial charge in [0.25, 0.3) is 0 Å². The molecule has 0 aromatic heterocycles. The van der Waals surface area contributed by atoms with E-state index in [9.17, 15) is 8.78 Å². The molecule has 0 aliphatic carbocycles. The van der Waals surface area contributed by atoms with Crippen LogP contribution in [0.3, 0.4) is 0 Å².